The van der Waals surface area contributed by atoms with Crippen molar-refractivity contribution in [2.45, 2.75) is 16.7 Å². The summed E-state index contributed by atoms with van der Waals surface area (Å²) in [5.74, 6) is 0. The van der Waals surface area contributed by atoms with E-state index in [1.165, 1.54) is 31.3 Å². The van der Waals surface area contributed by atoms with E-state index in [2.05, 4.69) is 9.44 Å². The van der Waals surface area contributed by atoms with Crippen molar-refractivity contribution in [1.82, 2.24) is 4.72 Å². The van der Waals surface area contributed by atoms with Gasteiger partial charge in [-0.05, 0) is 55.9 Å². The highest BCUT2D eigenvalue weighted by atomic mass is 32.2. The second-order valence-corrected chi connectivity index (χ2v) is 8.22. The predicted molar refractivity (Wildman–Crippen MR) is 84.7 cm³/mol. The van der Waals surface area contributed by atoms with Gasteiger partial charge >= 0.3 is 0 Å². The molecule has 0 atom stereocenters. The van der Waals surface area contributed by atoms with E-state index in [9.17, 15) is 16.8 Å². The second kappa shape index (κ2) is 6.07. The van der Waals surface area contributed by atoms with Crippen LogP contribution < -0.4 is 9.44 Å². The summed E-state index contributed by atoms with van der Waals surface area (Å²) in [6, 6.07) is 11.9. The number of rotatable bonds is 5. The molecule has 0 aliphatic rings. The minimum Gasteiger partial charge on any atom is -0.280 e. The van der Waals surface area contributed by atoms with Crippen LogP contribution in [-0.4, -0.2) is 23.9 Å². The zero-order chi connectivity index (χ0) is 16.4. The highest BCUT2D eigenvalue weighted by Gasteiger charge is 2.17. The maximum absolute atomic E-state index is 12.3. The third kappa shape index (κ3) is 3.65. The molecule has 8 heteroatoms. The van der Waals surface area contributed by atoms with Gasteiger partial charge < -0.3 is 0 Å². The minimum atomic E-state index is -3.76. The van der Waals surface area contributed by atoms with E-state index in [0.29, 0.717) is 5.69 Å². The maximum Gasteiger partial charge on any atom is 0.261 e. The predicted octanol–water partition coefficient (Wildman–Crippen LogP) is 1.70. The number of hydrogen-bond acceptors (Lipinski definition) is 4. The van der Waals surface area contributed by atoms with Crippen LogP contribution in [0.5, 0.6) is 0 Å². The van der Waals surface area contributed by atoms with Crippen molar-refractivity contribution in [3.8, 4) is 0 Å². The summed E-state index contributed by atoms with van der Waals surface area (Å²) in [5.41, 5.74) is 1.38. The van der Waals surface area contributed by atoms with E-state index < -0.39 is 20.0 Å². The van der Waals surface area contributed by atoms with Crippen LogP contribution in [0.3, 0.4) is 0 Å². The summed E-state index contributed by atoms with van der Waals surface area (Å²) in [5, 5.41) is 0. The highest BCUT2D eigenvalue weighted by Crippen LogP contribution is 2.18. The van der Waals surface area contributed by atoms with Crippen LogP contribution in [0.4, 0.5) is 5.69 Å². The maximum atomic E-state index is 12.3. The second-order valence-electron chi connectivity index (χ2n) is 4.65. The zero-order valence-electron chi connectivity index (χ0n) is 12.1. The molecule has 0 bridgehead atoms. The third-order valence-corrected chi connectivity index (χ3v) is 5.81. The van der Waals surface area contributed by atoms with Crippen LogP contribution in [0.15, 0.2) is 58.3 Å². The van der Waals surface area contributed by atoms with Gasteiger partial charge in [0.1, 0.15) is 0 Å². The lowest BCUT2D eigenvalue weighted by Gasteiger charge is -2.09. The number of anilines is 1. The standard InChI is InChI=1S/C14H16N2O4S2/c1-11-4-3-5-12(10-11)16-22(19,20)14-8-6-13(7-9-14)21(17,18)15-2/h3-10,15-16H,1-2H3. The molecule has 2 aromatic carbocycles. The van der Waals surface area contributed by atoms with Crippen molar-refractivity contribution in [3.05, 3.63) is 54.1 Å². The Morgan fingerprint density at radius 2 is 1.36 bits per heavy atom. The Bertz CT molecular complexity index is 873. The van der Waals surface area contributed by atoms with E-state index in [1.54, 1.807) is 18.2 Å². The van der Waals surface area contributed by atoms with Crippen LogP contribution >= 0.6 is 0 Å². The Morgan fingerprint density at radius 1 is 0.818 bits per heavy atom. The molecule has 2 N–H and O–H groups in total. The Labute approximate surface area is 130 Å². The number of benzene rings is 2. The lowest BCUT2D eigenvalue weighted by molar-refractivity contribution is 0.587. The molecule has 118 valence electrons. The van der Waals surface area contributed by atoms with Crippen LogP contribution in [0.25, 0.3) is 0 Å². The molecule has 0 unspecified atom stereocenters. The first kappa shape index (κ1) is 16.5. The monoisotopic (exact) mass is 340 g/mol. The van der Waals surface area contributed by atoms with E-state index in [-0.39, 0.29) is 9.79 Å². The summed E-state index contributed by atoms with van der Waals surface area (Å²) in [4.78, 5) is -0.00596. The molecule has 0 aliphatic carbocycles. The van der Waals surface area contributed by atoms with Gasteiger partial charge in [-0.1, -0.05) is 12.1 Å². The molecule has 2 rings (SSSR count). The smallest absolute Gasteiger partial charge is 0.261 e. The molecule has 0 amide bonds. The van der Waals surface area contributed by atoms with Gasteiger partial charge in [0.25, 0.3) is 10.0 Å². The lowest BCUT2D eigenvalue weighted by atomic mass is 10.2. The quantitative estimate of drug-likeness (QED) is 0.866. The van der Waals surface area contributed by atoms with E-state index in [0.717, 1.165) is 5.56 Å². The molecule has 0 aromatic heterocycles. The molecule has 2 aromatic rings. The van der Waals surface area contributed by atoms with Crippen molar-refractivity contribution < 1.29 is 16.8 Å². The van der Waals surface area contributed by atoms with Gasteiger partial charge in [0.2, 0.25) is 10.0 Å². The fourth-order valence-electron chi connectivity index (χ4n) is 1.84. The normalized spacial score (nSPS) is 12.1. The van der Waals surface area contributed by atoms with E-state index in [1.807, 2.05) is 13.0 Å². The lowest BCUT2D eigenvalue weighted by Crippen LogP contribution is -2.19. The third-order valence-electron chi connectivity index (χ3n) is 2.98. The van der Waals surface area contributed by atoms with Crippen LogP contribution in [-0.2, 0) is 20.0 Å². The van der Waals surface area contributed by atoms with Crippen molar-refractivity contribution in [2.75, 3.05) is 11.8 Å². The molecular formula is C14H16N2O4S2. The van der Waals surface area contributed by atoms with Gasteiger partial charge in [-0.3, -0.25) is 4.72 Å². The Kier molecular flexibility index (Phi) is 4.55. The van der Waals surface area contributed by atoms with Crippen LogP contribution in [0, 0.1) is 6.92 Å². The van der Waals surface area contributed by atoms with Gasteiger partial charge in [-0.2, -0.15) is 0 Å². The summed E-state index contributed by atoms with van der Waals surface area (Å²) < 4.78 is 52.4. The number of hydrogen-bond donors (Lipinski definition) is 2. The number of aryl methyl sites for hydroxylation is 1. The number of sulfonamides is 2. The fraction of sp³-hybridized carbons (Fsp3) is 0.143. The van der Waals surface area contributed by atoms with Crippen molar-refractivity contribution in [2.24, 2.45) is 0 Å². The van der Waals surface area contributed by atoms with E-state index in [4.69, 9.17) is 0 Å². The summed E-state index contributed by atoms with van der Waals surface area (Å²) in [6.45, 7) is 1.86. The molecule has 22 heavy (non-hydrogen) atoms. The first-order valence-corrected chi connectivity index (χ1v) is 9.34. The average molecular weight is 340 g/mol. The zero-order valence-corrected chi connectivity index (χ0v) is 13.7. The molecule has 6 nitrogen and oxygen atoms in total. The summed E-state index contributed by atoms with van der Waals surface area (Å²) in [7, 11) is -6.06. The Balaban J connectivity index is 2.31. The SMILES string of the molecule is CNS(=O)(=O)c1ccc(S(=O)(=O)Nc2cccc(C)c2)cc1. The first-order chi connectivity index (χ1) is 10.2. The number of nitrogens with one attached hydrogen (secondary N) is 2. The van der Waals surface area contributed by atoms with Crippen LogP contribution in [0.1, 0.15) is 5.56 Å². The fourth-order valence-corrected chi connectivity index (χ4v) is 3.62. The Hall–Kier alpha value is -1.90. The van der Waals surface area contributed by atoms with Gasteiger partial charge in [-0.15, -0.1) is 0 Å². The summed E-state index contributed by atoms with van der Waals surface area (Å²) in [6.07, 6.45) is 0. The molecule has 0 heterocycles. The van der Waals surface area contributed by atoms with Crippen molar-refractivity contribution >= 4 is 25.7 Å². The van der Waals surface area contributed by atoms with Crippen molar-refractivity contribution in [1.29, 1.82) is 0 Å². The minimum absolute atomic E-state index is 0.00417. The first-order valence-electron chi connectivity index (χ1n) is 6.38. The Morgan fingerprint density at radius 3 is 1.86 bits per heavy atom. The molecule has 0 spiro atoms. The van der Waals surface area contributed by atoms with Crippen molar-refractivity contribution in [3.63, 3.8) is 0 Å². The van der Waals surface area contributed by atoms with Gasteiger partial charge in [0.15, 0.2) is 0 Å². The van der Waals surface area contributed by atoms with E-state index >= 15 is 0 Å². The average Bonchev–Trinajstić information content (AvgIpc) is 2.47. The molecular weight excluding hydrogens is 324 g/mol. The molecule has 0 radical (unpaired) electrons. The topological polar surface area (TPSA) is 92.3 Å². The largest absolute Gasteiger partial charge is 0.280 e. The summed E-state index contributed by atoms with van der Waals surface area (Å²) >= 11 is 0. The highest BCUT2D eigenvalue weighted by molar-refractivity contribution is 7.92. The molecule has 0 fully saturated rings. The van der Waals surface area contributed by atoms with Gasteiger partial charge in [0, 0.05) is 5.69 Å². The van der Waals surface area contributed by atoms with Crippen LogP contribution in [0.2, 0.25) is 0 Å². The van der Waals surface area contributed by atoms with Gasteiger partial charge in [-0.25, -0.2) is 21.6 Å². The molecule has 0 saturated carbocycles. The molecule has 0 saturated heterocycles. The molecule has 0 aliphatic heterocycles. The van der Waals surface area contributed by atoms with Gasteiger partial charge in [0.05, 0.1) is 9.79 Å².